The van der Waals surface area contributed by atoms with Crippen molar-refractivity contribution in [2.75, 3.05) is 27.3 Å². The SMILES string of the molecule is C.CC1C[C@@H]2OC(O[C@H]3OC(CO)[C@@H](N)[C@H](O)C3O)C3C(OC(=O)N3C)C2O[C@@H]1O[C@H]1CC(O)[C@H](NC(=O)OCc2ccccc2)CC1NC(=O)OCc1ccccc1.CNC1C(O[C@H]2OC(CO)[C@@H](N=C(N)N)[C@H](O)C2O)O[C@H]2CC(N)[C@@H](O[C@H]3CC(O)[C@H](N)CC3N)OC2C1O. The molecule has 2 saturated carbocycles. The fraction of sp³-hybridized carbons (Fsp3) is 0.742. The topological polar surface area (TPSA) is 561 Å². The molecule has 18 unspecified atom stereocenters. The molecule has 3 amide bonds. The summed E-state index contributed by atoms with van der Waals surface area (Å²) in [6.07, 6.45) is -24.9. The molecule has 9 fully saturated rings. The van der Waals surface area contributed by atoms with Crippen molar-refractivity contribution >= 4 is 24.2 Å². The number of benzene rings is 2. The average Bonchev–Trinajstić information content (AvgIpc) is 1.48. The number of likely N-dealkylation sites (N-methyl/N-ethyl adjacent to an activating group) is 2. The van der Waals surface area contributed by atoms with E-state index in [2.05, 4.69) is 20.9 Å². The van der Waals surface area contributed by atoms with Crippen molar-refractivity contribution in [1.29, 1.82) is 0 Å². The van der Waals surface area contributed by atoms with Crippen LogP contribution in [-0.2, 0) is 74.8 Å². The predicted molar refractivity (Wildman–Crippen MR) is 337 cm³/mol. The second kappa shape index (κ2) is 34.0. The van der Waals surface area contributed by atoms with E-state index in [0.29, 0.717) is 12.8 Å². The zero-order valence-electron chi connectivity index (χ0n) is 53.7. The number of rotatable bonds is 18. The molecule has 98 heavy (non-hydrogen) atoms. The number of aliphatic hydroxyl groups is 9. The molecule has 0 spiro atoms. The molecule has 2 aromatic rings. The molecule has 0 aromatic heterocycles. The van der Waals surface area contributed by atoms with Crippen LogP contribution < -0.4 is 50.4 Å². The molecule has 7 aliphatic heterocycles. The van der Waals surface area contributed by atoms with Crippen LogP contribution in [0.15, 0.2) is 65.7 Å². The summed E-state index contributed by atoms with van der Waals surface area (Å²) < 4.78 is 77.5. The van der Waals surface area contributed by atoms with Crippen LogP contribution >= 0.6 is 0 Å². The van der Waals surface area contributed by atoms with E-state index in [4.69, 9.17) is 96.0 Å². The summed E-state index contributed by atoms with van der Waals surface area (Å²) in [6, 6.07) is 11.2. The lowest BCUT2D eigenvalue weighted by molar-refractivity contribution is -0.374. The largest absolute Gasteiger partial charge is 0.445 e. The van der Waals surface area contributed by atoms with E-state index in [1.165, 1.54) is 11.9 Å². The van der Waals surface area contributed by atoms with Gasteiger partial charge in [-0.3, -0.25) is 4.90 Å². The average molecular weight is 1400 g/mol. The Bertz CT molecular complexity index is 2890. The van der Waals surface area contributed by atoms with Gasteiger partial charge in [0.15, 0.2) is 49.8 Å². The first-order chi connectivity index (χ1) is 46.3. The van der Waals surface area contributed by atoms with Gasteiger partial charge in [0.05, 0.1) is 80.0 Å². The number of carbonyl (C=O) groups excluding carboxylic acids is 3. The van der Waals surface area contributed by atoms with Crippen LogP contribution in [-0.4, -0.2) is 292 Å². The predicted octanol–water partition coefficient (Wildman–Crippen LogP) is -5.77. The van der Waals surface area contributed by atoms with Gasteiger partial charge in [0.25, 0.3) is 0 Å². The number of carbonyl (C=O) groups is 3. The van der Waals surface area contributed by atoms with Gasteiger partial charge in [-0.1, -0.05) is 75.0 Å². The van der Waals surface area contributed by atoms with Gasteiger partial charge in [-0.2, -0.15) is 0 Å². The molecule has 7 heterocycles. The lowest BCUT2D eigenvalue weighted by Gasteiger charge is -2.51. The van der Waals surface area contributed by atoms with E-state index >= 15 is 0 Å². The van der Waals surface area contributed by atoms with Crippen molar-refractivity contribution in [2.45, 2.75) is 256 Å². The van der Waals surface area contributed by atoms with E-state index in [1.54, 1.807) is 7.05 Å². The number of aliphatic hydroxyl groups excluding tert-OH is 9. The maximum Gasteiger partial charge on any atom is 0.410 e. The third-order valence-electron chi connectivity index (χ3n) is 19.3. The van der Waals surface area contributed by atoms with Crippen LogP contribution in [0.3, 0.4) is 0 Å². The van der Waals surface area contributed by atoms with Gasteiger partial charge in [-0.15, -0.1) is 0 Å². The number of guanidine groups is 1. The first-order valence-corrected chi connectivity index (χ1v) is 32.5. The molecule has 7 saturated heterocycles. The zero-order valence-corrected chi connectivity index (χ0v) is 53.7. The molecule has 24 N–H and O–H groups in total. The van der Waals surface area contributed by atoms with Crippen molar-refractivity contribution in [1.82, 2.24) is 20.9 Å². The van der Waals surface area contributed by atoms with Gasteiger partial charge in [0.2, 0.25) is 0 Å². The minimum Gasteiger partial charge on any atom is -0.445 e. The van der Waals surface area contributed by atoms with Crippen LogP contribution in [0.2, 0.25) is 0 Å². The van der Waals surface area contributed by atoms with Crippen LogP contribution in [0.4, 0.5) is 14.4 Å². The highest BCUT2D eigenvalue weighted by atomic mass is 16.8. The molecule has 0 radical (unpaired) electrons. The Labute approximate surface area is 565 Å². The van der Waals surface area contributed by atoms with Gasteiger partial charge < -0.3 is 158 Å². The van der Waals surface area contributed by atoms with Crippen LogP contribution in [0, 0.1) is 5.92 Å². The van der Waals surface area contributed by atoms with Crippen molar-refractivity contribution in [2.24, 2.45) is 45.3 Å². The minimum atomic E-state index is -1.61. The summed E-state index contributed by atoms with van der Waals surface area (Å²) >= 11 is 0. The number of alkyl carbamates (subject to hydrolysis) is 2. The summed E-state index contributed by atoms with van der Waals surface area (Å²) in [4.78, 5) is 44.0. The summed E-state index contributed by atoms with van der Waals surface area (Å²) in [5.74, 6) is -0.705. The quantitative estimate of drug-likeness (QED) is 0.0376. The Morgan fingerprint density at radius 2 is 1.12 bits per heavy atom. The minimum absolute atomic E-state index is 0. The van der Waals surface area contributed by atoms with Crippen LogP contribution in [0.25, 0.3) is 0 Å². The van der Waals surface area contributed by atoms with Crippen molar-refractivity contribution < 1.29 is 122 Å². The maximum atomic E-state index is 13.2. The molecule has 36 nitrogen and oxygen atoms in total. The normalized spacial score (nSPS) is 42.9. The van der Waals surface area contributed by atoms with Gasteiger partial charge in [0.1, 0.15) is 80.2 Å². The highest BCUT2D eigenvalue weighted by Crippen LogP contribution is 2.43. The second-order valence-electron chi connectivity index (χ2n) is 26.1. The highest BCUT2D eigenvalue weighted by Gasteiger charge is 2.61. The maximum absolute atomic E-state index is 13.2. The number of aliphatic imine (C=N–C) groups is 1. The summed E-state index contributed by atoms with van der Waals surface area (Å²) in [5.41, 5.74) is 36.7. The number of hydrogen-bond donors (Lipinski definition) is 18. The fourth-order valence-corrected chi connectivity index (χ4v) is 13.8. The third-order valence-corrected chi connectivity index (χ3v) is 19.3. The fourth-order valence-electron chi connectivity index (χ4n) is 13.8. The molecule has 2 aliphatic carbocycles. The van der Waals surface area contributed by atoms with Gasteiger partial charge in [-0.05, 0) is 43.9 Å². The van der Waals surface area contributed by atoms with Gasteiger partial charge in [-0.25, -0.2) is 19.4 Å². The van der Waals surface area contributed by atoms with Crippen molar-refractivity contribution in [3.05, 3.63) is 71.8 Å². The summed E-state index contributed by atoms with van der Waals surface area (Å²) in [7, 11) is 3.06. The number of ether oxygens (including phenoxy) is 13. The molecule has 552 valence electrons. The van der Waals surface area contributed by atoms with E-state index in [1.807, 2.05) is 67.6 Å². The first kappa shape index (κ1) is 76.7. The molecule has 36 heteroatoms. The van der Waals surface area contributed by atoms with E-state index in [9.17, 15) is 60.3 Å². The number of hydrogen-bond acceptors (Lipinski definition) is 31. The number of nitrogens with one attached hydrogen (secondary N) is 3. The molecular formula is C62H99N11O25. The van der Waals surface area contributed by atoms with Crippen LogP contribution in [0.1, 0.15) is 64.0 Å². The van der Waals surface area contributed by atoms with Gasteiger partial charge >= 0.3 is 18.3 Å². The molecule has 11 rings (SSSR count). The molecular weight excluding hydrogens is 1300 g/mol. The smallest absolute Gasteiger partial charge is 0.410 e. The van der Waals surface area contributed by atoms with Crippen LogP contribution in [0.5, 0.6) is 0 Å². The highest BCUT2D eigenvalue weighted by molar-refractivity contribution is 5.76. The Kier molecular flexibility index (Phi) is 26.6. The van der Waals surface area contributed by atoms with E-state index < -0.39 is 221 Å². The van der Waals surface area contributed by atoms with Crippen molar-refractivity contribution in [3.8, 4) is 0 Å². The number of amides is 3. The molecule has 2 aromatic carbocycles. The molecule has 9 aliphatic rings. The monoisotopic (exact) mass is 1400 g/mol. The summed E-state index contributed by atoms with van der Waals surface area (Å²) in [5, 5.41) is 103. The van der Waals surface area contributed by atoms with E-state index in [0.717, 1.165) is 11.1 Å². The lowest BCUT2D eigenvalue weighted by atomic mass is 9.85. The van der Waals surface area contributed by atoms with Crippen molar-refractivity contribution in [3.63, 3.8) is 0 Å². The third kappa shape index (κ3) is 17.7. The lowest BCUT2D eigenvalue weighted by Crippen LogP contribution is -2.69. The standard InChI is InChI=1S/C39H52N4O15.C22H43N7O10.CH4/c1-19-13-26-32(33-29(43(2)39(50)57-33)35(54-26)58-36-31(47)30(46)28(40)27(16-44)55-36)56-34(19)53-25-15-24(45)22(41-37(48)51-17-20-9-5-3-6-10-20)14-23(25)42-38(49)52-18-21-11-7-4-8-12-21;1-28-14-16(33)18-11(3-8(25)19(38-18)35-10-4-9(31)6(23)2-7(10)24)36-20(14)39-21-17(34)15(32)13(29-22(26)27)12(5-30)37-21;/h3-12,19,22-36,44-47H,13-18,40H2,1-2H3,(H,41,48)(H,42,49);6-21,28,30-34H,2-5,23-25H2,1H3,(H4,26,27,29);1H4/t19?,22-,23?,24?,25+,26+,27?,28-,29?,30+,31?,32?,33?,34+,35?,36-;6-,7?,8?,9?,10+,11+,12?,13-,14?,15+,16?,17?,18?,19+,20?,21-;/m11./s1. The van der Waals surface area contributed by atoms with Gasteiger partial charge in [0, 0.05) is 37.9 Å². The number of nitrogens with two attached hydrogens (primary N) is 6. The molecule has 32 atom stereocenters. The first-order valence-electron chi connectivity index (χ1n) is 32.5. The summed E-state index contributed by atoms with van der Waals surface area (Å²) in [6.45, 7) is 0.782. The Morgan fingerprint density at radius 3 is 1.73 bits per heavy atom. The second-order valence-corrected chi connectivity index (χ2v) is 26.1. The Morgan fingerprint density at radius 1 is 0.571 bits per heavy atom. The Balaban J connectivity index is 0.000000245. The number of nitrogens with zero attached hydrogens (tertiary/aromatic N) is 2. The Hall–Kier alpha value is -5.44. The zero-order chi connectivity index (χ0) is 69.7. The van der Waals surface area contributed by atoms with E-state index in [-0.39, 0.29) is 58.2 Å². The number of fused-ring (bicyclic) bond motifs is 4. The molecule has 0 bridgehead atoms.